The monoisotopic (exact) mass is 318 g/mol. The fraction of sp³-hybridized carbons (Fsp3) is 0.167. The molecular weight excluding hydrogens is 306 g/mol. The summed E-state index contributed by atoms with van der Waals surface area (Å²) >= 11 is 0. The largest absolute Gasteiger partial charge is 0.446 e. The Bertz CT molecular complexity index is 716. The molecule has 2 aromatic rings. The van der Waals surface area contributed by atoms with Gasteiger partial charge < -0.3 is 14.9 Å². The third-order valence-electron chi connectivity index (χ3n) is 2.45. The molecule has 21 heavy (non-hydrogen) atoms. The first-order valence-electron chi connectivity index (χ1n) is 5.78. The second-order valence-electron chi connectivity index (χ2n) is 3.91. The number of furan rings is 1. The summed E-state index contributed by atoms with van der Waals surface area (Å²) in [4.78, 5) is 0. The summed E-state index contributed by atoms with van der Waals surface area (Å²) in [7, 11) is -4.06. The van der Waals surface area contributed by atoms with Crippen LogP contribution in [0.1, 0.15) is 5.76 Å². The number of hydrogen-bond donors (Lipinski definition) is 2. The van der Waals surface area contributed by atoms with Crippen molar-refractivity contribution in [3.8, 4) is 5.75 Å². The van der Waals surface area contributed by atoms with E-state index in [2.05, 4.69) is 9.46 Å². The van der Waals surface area contributed by atoms with Crippen LogP contribution in [0.5, 0.6) is 5.75 Å². The van der Waals surface area contributed by atoms with E-state index in [1.807, 2.05) is 0 Å². The molecule has 1 aromatic carbocycles. The zero-order valence-corrected chi connectivity index (χ0v) is 11.4. The van der Waals surface area contributed by atoms with Crippen molar-refractivity contribution in [2.75, 3.05) is 4.72 Å². The molecule has 0 aliphatic heterocycles. The molecule has 0 aliphatic rings. The minimum absolute atomic E-state index is 0.0423. The Hall–Kier alpha value is -2.13. The predicted molar refractivity (Wildman–Crippen MR) is 70.5 cm³/mol. The van der Waals surface area contributed by atoms with Gasteiger partial charge in [0.15, 0.2) is 0 Å². The highest BCUT2D eigenvalue weighted by atomic mass is 32.2. The lowest BCUT2D eigenvalue weighted by Gasteiger charge is -2.11. The standard InChI is InChI=1S/C12H12F2N2O4S/c13-12(14)20-10-4-2-1-3-9(10)16-21(17,18)11-6-5-8(7-15)19-11/h1-6,12,16H,7,15H2. The van der Waals surface area contributed by atoms with Gasteiger partial charge in [0.25, 0.3) is 10.0 Å². The average Bonchev–Trinajstić information content (AvgIpc) is 2.90. The Balaban J connectivity index is 2.28. The molecule has 0 saturated carbocycles. The molecule has 1 heterocycles. The Morgan fingerprint density at radius 3 is 2.57 bits per heavy atom. The van der Waals surface area contributed by atoms with Crippen molar-refractivity contribution in [3.05, 3.63) is 42.2 Å². The third-order valence-corrected chi connectivity index (χ3v) is 3.69. The van der Waals surface area contributed by atoms with Gasteiger partial charge in [0, 0.05) is 0 Å². The zero-order chi connectivity index (χ0) is 15.5. The van der Waals surface area contributed by atoms with Crippen molar-refractivity contribution in [3.63, 3.8) is 0 Å². The van der Waals surface area contributed by atoms with E-state index in [9.17, 15) is 17.2 Å². The Labute approximate surface area is 119 Å². The first kappa shape index (κ1) is 15.3. The van der Waals surface area contributed by atoms with Gasteiger partial charge in [-0.3, -0.25) is 4.72 Å². The quantitative estimate of drug-likeness (QED) is 0.851. The van der Waals surface area contributed by atoms with Gasteiger partial charge in [-0.15, -0.1) is 0 Å². The molecule has 0 aliphatic carbocycles. The molecule has 114 valence electrons. The summed E-state index contributed by atoms with van der Waals surface area (Å²) in [6.07, 6.45) is 0. The fourth-order valence-electron chi connectivity index (χ4n) is 1.56. The highest BCUT2D eigenvalue weighted by Crippen LogP contribution is 2.28. The molecule has 0 bridgehead atoms. The normalized spacial score (nSPS) is 11.6. The lowest BCUT2D eigenvalue weighted by Crippen LogP contribution is -2.14. The lowest BCUT2D eigenvalue weighted by atomic mass is 10.3. The molecule has 9 heteroatoms. The van der Waals surface area contributed by atoms with Crippen LogP contribution in [0.3, 0.4) is 0 Å². The summed E-state index contributed by atoms with van der Waals surface area (Å²) in [5.41, 5.74) is 5.20. The number of nitrogens with two attached hydrogens (primary N) is 1. The smallest absolute Gasteiger partial charge is 0.387 e. The molecule has 0 radical (unpaired) electrons. The van der Waals surface area contributed by atoms with Crippen molar-refractivity contribution < 1.29 is 26.4 Å². The maximum Gasteiger partial charge on any atom is 0.387 e. The van der Waals surface area contributed by atoms with Crippen molar-refractivity contribution in [2.24, 2.45) is 5.73 Å². The maximum atomic E-state index is 12.3. The van der Waals surface area contributed by atoms with E-state index < -0.39 is 16.6 Å². The molecule has 3 N–H and O–H groups in total. The summed E-state index contributed by atoms with van der Waals surface area (Å²) in [6.45, 7) is -3.02. The number of anilines is 1. The summed E-state index contributed by atoms with van der Waals surface area (Å²) in [5, 5.41) is -0.366. The average molecular weight is 318 g/mol. The summed E-state index contributed by atoms with van der Waals surface area (Å²) in [6, 6.07) is 8.06. The van der Waals surface area contributed by atoms with Gasteiger partial charge in [0.1, 0.15) is 11.5 Å². The van der Waals surface area contributed by atoms with Crippen LogP contribution < -0.4 is 15.2 Å². The van der Waals surface area contributed by atoms with E-state index in [1.54, 1.807) is 0 Å². The highest BCUT2D eigenvalue weighted by molar-refractivity contribution is 7.92. The van der Waals surface area contributed by atoms with Gasteiger partial charge in [0.2, 0.25) is 5.09 Å². The Morgan fingerprint density at radius 1 is 1.24 bits per heavy atom. The molecule has 6 nitrogen and oxygen atoms in total. The number of benzene rings is 1. The topological polar surface area (TPSA) is 94.6 Å². The molecule has 2 rings (SSSR count). The van der Waals surface area contributed by atoms with E-state index in [0.29, 0.717) is 0 Å². The second kappa shape index (κ2) is 6.10. The SMILES string of the molecule is NCc1ccc(S(=O)(=O)Nc2ccccc2OC(F)F)o1. The summed E-state index contributed by atoms with van der Waals surface area (Å²) < 4.78 is 60.1. The minimum Gasteiger partial charge on any atom is -0.446 e. The first-order chi connectivity index (χ1) is 9.92. The van der Waals surface area contributed by atoms with Crippen LogP contribution in [0.2, 0.25) is 0 Å². The van der Waals surface area contributed by atoms with Crippen molar-refractivity contribution in [2.45, 2.75) is 18.2 Å². The molecule has 0 atom stereocenters. The van der Waals surface area contributed by atoms with Crippen LogP contribution in [0.25, 0.3) is 0 Å². The zero-order valence-electron chi connectivity index (χ0n) is 10.6. The van der Waals surface area contributed by atoms with Crippen LogP contribution in [0, 0.1) is 0 Å². The molecule has 1 aromatic heterocycles. The molecular formula is C12H12F2N2O4S. The molecule has 0 saturated heterocycles. The fourth-order valence-corrected chi connectivity index (χ4v) is 2.58. The van der Waals surface area contributed by atoms with Crippen LogP contribution >= 0.6 is 0 Å². The van der Waals surface area contributed by atoms with Gasteiger partial charge in [0.05, 0.1) is 12.2 Å². The number of ether oxygens (including phenoxy) is 1. The van der Waals surface area contributed by atoms with Gasteiger partial charge in [-0.1, -0.05) is 12.1 Å². The predicted octanol–water partition coefficient (Wildman–Crippen LogP) is 2.14. The van der Waals surface area contributed by atoms with Gasteiger partial charge in [-0.05, 0) is 24.3 Å². The number of nitrogens with one attached hydrogen (secondary N) is 1. The lowest BCUT2D eigenvalue weighted by molar-refractivity contribution is -0.0493. The highest BCUT2D eigenvalue weighted by Gasteiger charge is 2.21. The van der Waals surface area contributed by atoms with Crippen LogP contribution in [-0.2, 0) is 16.6 Å². The van der Waals surface area contributed by atoms with E-state index in [-0.39, 0.29) is 28.8 Å². The number of para-hydroxylation sites is 2. The second-order valence-corrected chi connectivity index (χ2v) is 5.52. The van der Waals surface area contributed by atoms with E-state index >= 15 is 0 Å². The number of alkyl halides is 2. The van der Waals surface area contributed by atoms with Gasteiger partial charge >= 0.3 is 6.61 Å². The minimum atomic E-state index is -4.06. The Kier molecular flexibility index (Phi) is 4.43. The Morgan fingerprint density at radius 2 is 1.95 bits per heavy atom. The molecule has 0 spiro atoms. The van der Waals surface area contributed by atoms with Crippen LogP contribution in [0.4, 0.5) is 14.5 Å². The van der Waals surface area contributed by atoms with E-state index in [0.717, 1.165) is 0 Å². The maximum absolute atomic E-state index is 12.3. The van der Waals surface area contributed by atoms with Gasteiger partial charge in [-0.2, -0.15) is 17.2 Å². The number of sulfonamides is 1. The first-order valence-corrected chi connectivity index (χ1v) is 7.26. The molecule has 0 unspecified atom stereocenters. The molecule has 0 fully saturated rings. The van der Waals surface area contributed by atoms with Crippen LogP contribution in [0.15, 0.2) is 45.9 Å². The summed E-state index contributed by atoms with van der Waals surface area (Å²) in [5.74, 6) is -0.00540. The molecule has 0 amide bonds. The van der Waals surface area contributed by atoms with E-state index in [4.69, 9.17) is 10.2 Å². The van der Waals surface area contributed by atoms with Crippen LogP contribution in [-0.4, -0.2) is 15.0 Å². The van der Waals surface area contributed by atoms with Crippen molar-refractivity contribution >= 4 is 15.7 Å². The van der Waals surface area contributed by atoms with E-state index in [1.165, 1.54) is 36.4 Å². The third kappa shape index (κ3) is 3.70. The van der Waals surface area contributed by atoms with Crippen molar-refractivity contribution in [1.82, 2.24) is 0 Å². The number of halogens is 2. The number of hydrogen-bond acceptors (Lipinski definition) is 5. The number of rotatable bonds is 6. The van der Waals surface area contributed by atoms with Gasteiger partial charge in [-0.25, -0.2) is 0 Å². The van der Waals surface area contributed by atoms with Crippen molar-refractivity contribution in [1.29, 1.82) is 0 Å².